The zero-order valence-electron chi connectivity index (χ0n) is 18.1. The lowest BCUT2D eigenvalue weighted by molar-refractivity contribution is -0.192. The van der Waals surface area contributed by atoms with Crippen LogP contribution >= 0.6 is 22.9 Å². The second-order valence-electron chi connectivity index (χ2n) is 7.47. The van der Waals surface area contributed by atoms with E-state index < -0.39 is 12.1 Å². The Balaban J connectivity index is 0.000000429. The quantitative estimate of drug-likeness (QED) is 0.443. The number of aromatic nitrogens is 2. The third kappa shape index (κ3) is 7.38. The van der Waals surface area contributed by atoms with E-state index in [4.69, 9.17) is 27.2 Å². The van der Waals surface area contributed by atoms with Crippen molar-refractivity contribution in [2.75, 3.05) is 18.8 Å². The fourth-order valence-electron chi connectivity index (χ4n) is 3.33. The monoisotopic (exact) mass is 527 g/mol. The van der Waals surface area contributed by atoms with E-state index in [9.17, 15) is 18.0 Å². The molecule has 8 nitrogen and oxygen atoms in total. The molecule has 1 fully saturated rings. The highest BCUT2D eigenvalue weighted by Gasteiger charge is 2.38. The Bertz CT molecular complexity index is 1230. The molecule has 0 aliphatic carbocycles. The van der Waals surface area contributed by atoms with Crippen molar-refractivity contribution in [2.45, 2.75) is 25.2 Å². The molecule has 1 atom stereocenters. The van der Waals surface area contributed by atoms with Crippen molar-refractivity contribution in [3.8, 4) is 0 Å². The van der Waals surface area contributed by atoms with Crippen LogP contribution in [0.15, 0.2) is 42.7 Å². The van der Waals surface area contributed by atoms with Gasteiger partial charge >= 0.3 is 12.1 Å². The molecular formula is C22H21ClF3N5O3S. The number of nitrogen functional groups attached to an aromatic ring is 1. The number of likely N-dealkylation sites (tertiary alicyclic amines) is 1. The number of carbonyl (C=O) groups excluding carboxylic acids is 1. The predicted molar refractivity (Wildman–Crippen MR) is 128 cm³/mol. The van der Waals surface area contributed by atoms with Crippen LogP contribution in [0.1, 0.15) is 16.9 Å². The first-order valence-corrected chi connectivity index (χ1v) is 11.5. The van der Waals surface area contributed by atoms with Gasteiger partial charge in [0.15, 0.2) is 0 Å². The minimum atomic E-state index is -5.08. The highest BCUT2D eigenvalue weighted by Crippen LogP contribution is 2.23. The molecule has 1 amide bonds. The van der Waals surface area contributed by atoms with Gasteiger partial charge in [-0.1, -0.05) is 23.7 Å². The number of fused-ring (bicyclic) bond motifs is 1. The van der Waals surface area contributed by atoms with Gasteiger partial charge < -0.3 is 21.1 Å². The molecule has 0 bridgehead atoms. The van der Waals surface area contributed by atoms with Crippen LogP contribution in [0.25, 0.3) is 17.0 Å². The number of alkyl halides is 3. The number of carboxylic acid groups (broad SMARTS) is 1. The number of nitrogens with two attached hydrogens (primary N) is 1. The summed E-state index contributed by atoms with van der Waals surface area (Å²) >= 11 is 7.46. The summed E-state index contributed by atoms with van der Waals surface area (Å²) in [5, 5.41) is 11.3. The lowest BCUT2D eigenvalue weighted by Gasteiger charge is -2.17. The number of nitrogens with zero attached hydrogens (tertiary/aromatic N) is 3. The summed E-state index contributed by atoms with van der Waals surface area (Å²) in [4.78, 5) is 32.8. The van der Waals surface area contributed by atoms with E-state index >= 15 is 0 Å². The first-order valence-electron chi connectivity index (χ1n) is 10.3. The highest BCUT2D eigenvalue weighted by atomic mass is 35.5. The number of aliphatic carboxylic acids is 1. The van der Waals surface area contributed by atoms with E-state index in [-0.39, 0.29) is 11.9 Å². The number of amides is 1. The van der Waals surface area contributed by atoms with Gasteiger partial charge in [0.25, 0.3) is 0 Å². The summed E-state index contributed by atoms with van der Waals surface area (Å²) in [7, 11) is 0. The molecule has 0 spiro atoms. The second kappa shape index (κ2) is 11.5. The number of thiophene rings is 1. The lowest BCUT2D eigenvalue weighted by atomic mass is 10.1. The van der Waals surface area contributed by atoms with Crippen LogP contribution in [0.2, 0.25) is 4.34 Å². The normalized spacial score (nSPS) is 16.1. The average Bonchev–Trinajstić information content (AvgIpc) is 3.36. The summed E-state index contributed by atoms with van der Waals surface area (Å²) in [6, 6.07) is 9.58. The molecule has 0 radical (unpaired) electrons. The largest absolute Gasteiger partial charge is 0.490 e. The Kier molecular flexibility index (Phi) is 8.65. The smallest absolute Gasteiger partial charge is 0.475 e. The number of anilines is 1. The molecule has 3 aromatic rings. The lowest BCUT2D eigenvalue weighted by Crippen LogP contribution is -2.38. The fourth-order valence-corrected chi connectivity index (χ4v) is 4.32. The van der Waals surface area contributed by atoms with Gasteiger partial charge in [0.1, 0.15) is 12.1 Å². The molecule has 1 saturated heterocycles. The number of carboxylic acids is 1. The molecule has 186 valence electrons. The van der Waals surface area contributed by atoms with E-state index in [1.807, 2.05) is 47.4 Å². The van der Waals surface area contributed by atoms with Crippen molar-refractivity contribution in [3.63, 3.8) is 0 Å². The number of benzene rings is 1. The standard InChI is InChI=1S/C20H20ClN5OS.C2HF3O2/c21-18-6-4-14(28-18)2-1-8-23-16-7-9-26(20(16)27)11-13-3-5-15-17(10-13)24-12-25-19(15)22;3-2(4,5)1(6)7/h1-6,10,12,16,23H,7-9,11H2,(H2,22,24,25);(H,6,7)/t16-;/m0./s1. The molecule has 4 rings (SSSR count). The fraction of sp³-hybridized carbons (Fsp3) is 0.273. The van der Waals surface area contributed by atoms with Crippen LogP contribution in [0.3, 0.4) is 0 Å². The molecule has 0 unspecified atom stereocenters. The van der Waals surface area contributed by atoms with Gasteiger partial charge in [0.2, 0.25) is 5.91 Å². The van der Waals surface area contributed by atoms with Crippen molar-refractivity contribution < 1.29 is 27.9 Å². The summed E-state index contributed by atoms with van der Waals surface area (Å²) in [6.45, 7) is 1.96. The van der Waals surface area contributed by atoms with Crippen molar-refractivity contribution >= 4 is 57.6 Å². The van der Waals surface area contributed by atoms with E-state index in [1.165, 1.54) is 17.7 Å². The zero-order chi connectivity index (χ0) is 25.6. The van der Waals surface area contributed by atoms with Crippen LogP contribution in [0.4, 0.5) is 19.0 Å². The van der Waals surface area contributed by atoms with Crippen LogP contribution < -0.4 is 11.1 Å². The van der Waals surface area contributed by atoms with Gasteiger partial charge in [-0.2, -0.15) is 13.2 Å². The number of nitrogens with one attached hydrogen (secondary N) is 1. The van der Waals surface area contributed by atoms with E-state index in [2.05, 4.69) is 15.3 Å². The maximum Gasteiger partial charge on any atom is 0.490 e. The minimum Gasteiger partial charge on any atom is -0.475 e. The summed E-state index contributed by atoms with van der Waals surface area (Å²) < 4.78 is 32.5. The summed E-state index contributed by atoms with van der Waals surface area (Å²) in [6.07, 6.45) is 1.22. The number of hydrogen-bond acceptors (Lipinski definition) is 7. The van der Waals surface area contributed by atoms with Gasteiger partial charge in [0, 0.05) is 29.9 Å². The van der Waals surface area contributed by atoms with Crippen LogP contribution in [0, 0.1) is 0 Å². The molecule has 35 heavy (non-hydrogen) atoms. The number of hydrogen-bond donors (Lipinski definition) is 3. The van der Waals surface area contributed by atoms with Gasteiger partial charge in [-0.3, -0.25) is 4.79 Å². The van der Waals surface area contributed by atoms with Gasteiger partial charge in [-0.15, -0.1) is 11.3 Å². The maximum absolute atomic E-state index is 12.7. The minimum absolute atomic E-state index is 0.134. The Morgan fingerprint density at radius 2 is 2.06 bits per heavy atom. The van der Waals surface area contributed by atoms with Crippen LogP contribution in [0.5, 0.6) is 0 Å². The molecule has 1 aromatic carbocycles. The number of carbonyl (C=O) groups is 2. The second-order valence-corrected chi connectivity index (χ2v) is 9.21. The topological polar surface area (TPSA) is 121 Å². The summed E-state index contributed by atoms with van der Waals surface area (Å²) in [5.41, 5.74) is 7.70. The molecular weight excluding hydrogens is 507 g/mol. The number of rotatable bonds is 6. The Morgan fingerprint density at radius 1 is 1.31 bits per heavy atom. The SMILES string of the molecule is Nc1ncnc2cc(CN3CC[C@H](NCC=Cc4ccc(Cl)s4)C3=O)ccc12.O=C(O)C(F)(F)F. The zero-order valence-corrected chi connectivity index (χ0v) is 19.7. The number of halogens is 4. The van der Waals surface area contributed by atoms with Crippen LogP contribution in [-0.4, -0.2) is 57.2 Å². The van der Waals surface area contributed by atoms with Crippen LogP contribution in [-0.2, 0) is 16.1 Å². The van der Waals surface area contributed by atoms with Crippen molar-refractivity contribution in [1.29, 1.82) is 0 Å². The molecule has 2 aromatic heterocycles. The van der Waals surface area contributed by atoms with Gasteiger partial charge in [-0.05, 0) is 42.3 Å². The molecule has 0 saturated carbocycles. The maximum atomic E-state index is 12.7. The van der Waals surface area contributed by atoms with E-state index in [0.29, 0.717) is 18.9 Å². The van der Waals surface area contributed by atoms with Gasteiger partial charge in [0.05, 0.1) is 15.9 Å². The van der Waals surface area contributed by atoms with Crippen molar-refractivity contribution in [1.82, 2.24) is 20.2 Å². The molecule has 1 aliphatic rings. The Labute approximate surface area is 207 Å². The molecule has 4 N–H and O–H groups in total. The van der Waals surface area contributed by atoms with Crippen molar-refractivity contribution in [3.05, 3.63) is 57.5 Å². The first-order chi connectivity index (χ1) is 16.5. The average molecular weight is 528 g/mol. The third-order valence-electron chi connectivity index (χ3n) is 5.00. The van der Waals surface area contributed by atoms with E-state index in [0.717, 1.165) is 38.6 Å². The highest BCUT2D eigenvalue weighted by molar-refractivity contribution is 7.16. The Morgan fingerprint density at radius 3 is 2.71 bits per heavy atom. The first kappa shape index (κ1) is 26.4. The molecule has 1 aliphatic heterocycles. The van der Waals surface area contributed by atoms with E-state index in [1.54, 1.807) is 0 Å². The Hall–Kier alpha value is -3.22. The summed E-state index contributed by atoms with van der Waals surface area (Å²) in [5.74, 6) is -2.15. The molecule has 13 heteroatoms. The predicted octanol–water partition coefficient (Wildman–Crippen LogP) is 3.96. The van der Waals surface area contributed by atoms with Gasteiger partial charge in [-0.25, -0.2) is 14.8 Å². The third-order valence-corrected chi connectivity index (χ3v) is 6.20. The molecule has 3 heterocycles. The van der Waals surface area contributed by atoms with Crippen molar-refractivity contribution in [2.24, 2.45) is 0 Å².